The highest BCUT2D eigenvalue weighted by atomic mass is 16.7. The molecule has 0 saturated carbocycles. The number of aryl methyl sites for hydroxylation is 1. The lowest BCUT2D eigenvalue weighted by molar-refractivity contribution is -0.123. The molecule has 2 aliphatic rings. The van der Waals surface area contributed by atoms with E-state index in [1.165, 1.54) is 0 Å². The number of nitrogens with two attached hydrogens (primary N) is 1. The third-order valence-electron chi connectivity index (χ3n) is 5.75. The molecular formula is C22H26N2O4. The highest BCUT2D eigenvalue weighted by Gasteiger charge is 2.36. The zero-order chi connectivity index (χ0) is 19.6. The van der Waals surface area contributed by atoms with Gasteiger partial charge in [0.2, 0.25) is 12.7 Å². The SMILES string of the molecule is Cc1ccc(C(N)C(=O)NCC2(c3ccc4c(c3)OCO4)CCOCC2)cc1. The summed E-state index contributed by atoms with van der Waals surface area (Å²) in [5.74, 6) is 1.35. The van der Waals surface area contributed by atoms with Crippen LogP contribution in [0, 0.1) is 6.92 Å². The topological polar surface area (TPSA) is 82.8 Å². The van der Waals surface area contributed by atoms with Crippen molar-refractivity contribution in [2.75, 3.05) is 26.6 Å². The number of carbonyl (C=O) groups is 1. The van der Waals surface area contributed by atoms with Crippen LogP contribution in [0.3, 0.4) is 0 Å². The molecule has 4 rings (SSSR count). The van der Waals surface area contributed by atoms with Gasteiger partial charge in [-0.15, -0.1) is 0 Å². The number of ether oxygens (including phenoxy) is 3. The third kappa shape index (κ3) is 3.70. The Morgan fingerprint density at radius 3 is 2.57 bits per heavy atom. The van der Waals surface area contributed by atoms with Gasteiger partial charge >= 0.3 is 0 Å². The van der Waals surface area contributed by atoms with E-state index in [1.54, 1.807) is 0 Å². The van der Waals surface area contributed by atoms with Crippen LogP contribution in [0.4, 0.5) is 0 Å². The second-order valence-electron chi connectivity index (χ2n) is 7.57. The Hall–Kier alpha value is -2.57. The molecule has 0 aromatic heterocycles. The molecule has 1 amide bonds. The van der Waals surface area contributed by atoms with Gasteiger partial charge in [0.25, 0.3) is 0 Å². The minimum absolute atomic E-state index is 0.171. The summed E-state index contributed by atoms with van der Waals surface area (Å²) in [5, 5.41) is 3.08. The summed E-state index contributed by atoms with van der Waals surface area (Å²) in [7, 11) is 0. The second-order valence-corrected chi connectivity index (χ2v) is 7.57. The largest absolute Gasteiger partial charge is 0.454 e. The van der Waals surface area contributed by atoms with E-state index in [0.29, 0.717) is 19.8 Å². The first-order chi connectivity index (χ1) is 13.6. The lowest BCUT2D eigenvalue weighted by Gasteiger charge is -2.38. The van der Waals surface area contributed by atoms with Gasteiger partial charge in [-0.1, -0.05) is 35.9 Å². The van der Waals surface area contributed by atoms with Crippen molar-refractivity contribution in [2.24, 2.45) is 5.73 Å². The first-order valence-corrected chi connectivity index (χ1v) is 9.65. The summed E-state index contributed by atoms with van der Waals surface area (Å²) in [6.07, 6.45) is 1.65. The Kier molecular flexibility index (Phi) is 5.24. The number of carbonyl (C=O) groups excluding carboxylic acids is 1. The number of benzene rings is 2. The van der Waals surface area contributed by atoms with Crippen LogP contribution in [0.25, 0.3) is 0 Å². The van der Waals surface area contributed by atoms with Crippen LogP contribution in [-0.4, -0.2) is 32.5 Å². The van der Waals surface area contributed by atoms with Gasteiger partial charge in [0.1, 0.15) is 6.04 Å². The highest BCUT2D eigenvalue weighted by Crippen LogP contribution is 2.40. The molecule has 1 saturated heterocycles. The van der Waals surface area contributed by atoms with E-state index in [-0.39, 0.29) is 18.1 Å². The van der Waals surface area contributed by atoms with E-state index in [2.05, 4.69) is 11.4 Å². The van der Waals surface area contributed by atoms with E-state index in [9.17, 15) is 4.79 Å². The third-order valence-corrected chi connectivity index (χ3v) is 5.75. The van der Waals surface area contributed by atoms with Crippen LogP contribution in [0.5, 0.6) is 11.5 Å². The van der Waals surface area contributed by atoms with E-state index in [0.717, 1.165) is 41.0 Å². The standard InChI is InChI=1S/C22H26N2O4/c1-15-2-4-16(5-3-15)20(23)21(25)24-13-22(8-10-26-11-9-22)17-6-7-18-19(12-17)28-14-27-18/h2-7,12,20H,8-11,13-14,23H2,1H3,(H,24,25). The van der Waals surface area contributed by atoms with Crippen molar-refractivity contribution >= 4 is 5.91 Å². The molecule has 6 nitrogen and oxygen atoms in total. The summed E-state index contributed by atoms with van der Waals surface area (Å²) in [5.41, 5.74) is 9.06. The van der Waals surface area contributed by atoms with Gasteiger partial charge in [-0.05, 0) is 43.0 Å². The number of amides is 1. The van der Waals surface area contributed by atoms with Gasteiger partial charge in [-0.2, -0.15) is 0 Å². The van der Waals surface area contributed by atoms with Crippen LogP contribution in [0.2, 0.25) is 0 Å². The zero-order valence-electron chi connectivity index (χ0n) is 16.1. The molecule has 1 unspecified atom stereocenters. The molecule has 2 aromatic rings. The van der Waals surface area contributed by atoms with Gasteiger partial charge in [0, 0.05) is 25.2 Å². The van der Waals surface area contributed by atoms with Crippen LogP contribution >= 0.6 is 0 Å². The van der Waals surface area contributed by atoms with E-state index in [1.807, 2.05) is 43.3 Å². The average Bonchev–Trinajstić information content (AvgIpc) is 3.21. The Morgan fingerprint density at radius 1 is 1.11 bits per heavy atom. The predicted octanol–water partition coefficient (Wildman–Crippen LogP) is 2.59. The van der Waals surface area contributed by atoms with Gasteiger partial charge in [0.05, 0.1) is 0 Å². The molecule has 0 bridgehead atoms. The van der Waals surface area contributed by atoms with Crippen molar-refractivity contribution in [2.45, 2.75) is 31.2 Å². The van der Waals surface area contributed by atoms with Gasteiger partial charge < -0.3 is 25.3 Å². The molecule has 2 aliphatic heterocycles. The number of hydrogen-bond donors (Lipinski definition) is 2. The molecule has 2 heterocycles. The lowest BCUT2D eigenvalue weighted by atomic mass is 9.74. The quantitative estimate of drug-likeness (QED) is 0.831. The molecule has 1 atom stereocenters. The van der Waals surface area contributed by atoms with Gasteiger partial charge in [0.15, 0.2) is 11.5 Å². The van der Waals surface area contributed by atoms with Crippen molar-refractivity contribution in [1.82, 2.24) is 5.32 Å². The lowest BCUT2D eigenvalue weighted by Crippen LogP contribution is -2.46. The molecule has 0 spiro atoms. The molecule has 2 aromatic carbocycles. The van der Waals surface area contributed by atoms with Crippen molar-refractivity contribution in [3.8, 4) is 11.5 Å². The van der Waals surface area contributed by atoms with Crippen molar-refractivity contribution < 1.29 is 19.0 Å². The maximum atomic E-state index is 12.7. The number of nitrogens with one attached hydrogen (secondary N) is 1. The fourth-order valence-corrected chi connectivity index (χ4v) is 3.85. The molecule has 1 fully saturated rings. The maximum Gasteiger partial charge on any atom is 0.241 e. The van der Waals surface area contributed by atoms with Crippen molar-refractivity contribution in [1.29, 1.82) is 0 Å². The molecular weight excluding hydrogens is 356 g/mol. The fraction of sp³-hybridized carbons (Fsp3) is 0.409. The predicted molar refractivity (Wildman–Crippen MR) is 105 cm³/mol. The minimum Gasteiger partial charge on any atom is -0.454 e. The fourth-order valence-electron chi connectivity index (χ4n) is 3.85. The van der Waals surface area contributed by atoms with Crippen molar-refractivity contribution in [3.63, 3.8) is 0 Å². The molecule has 6 heteroatoms. The van der Waals surface area contributed by atoms with Crippen LogP contribution < -0.4 is 20.5 Å². The monoisotopic (exact) mass is 382 g/mol. The molecule has 148 valence electrons. The highest BCUT2D eigenvalue weighted by molar-refractivity contribution is 5.83. The Labute approximate surface area is 165 Å². The maximum absolute atomic E-state index is 12.7. The molecule has 3 N–H and O–H groups in total. The summed E-state index contributed by atoms with van der Waals surface area (Å²) in [4.78, 5) is 12.7. The molecule has 0 aliphatic carbocycles. The van der Waals surface area contributed by atoms with E-state index >= 15 is 0 Å². The Bertz CT molecular complexity index is 844. The summed E-state index contributed by atoms with van der Waals surface area (Å²) < 4.78 is 16.6. The zero-order valence-corrected chi connectivity index (χ0v) is 16.1. The summed E-state index contributed by atoms with van der Waals surface area (Å²) in [6, 6.07) is 13.1. The van der Waals surface area contributed by atoms with Crippen LogP contribution in [0.1, 0.15) is 35.6 Å². The summed E-state index contributed by atoms with van der Waals surface area (Å²) in [6.45, 7) is 4.09. The van der Waals surface area contributed by atoms with E-state index in [4.69, 9.17) is 19.9 Å². The first kappa shape index (κ1) is 18.8. The Morgan fingerprint density at radius 2 is 1.82 bits per heavy atom. The van der Waals surface area contributed by atoms with Gasteiger partial charge in [-0.3, -0.25) is 4.79 Å². The van der Waals surface area contributed by atoms with E-state index < -0.39 is 6.04 Å². The Balaban J connectivity index is 1.50. The number of rotatable bonds is 5. The normalized spacial score (nSPS) is 18.5. The molecule has 28 heavy (non-hydrogen) atoms. The number of fused-ring (bicyclic) bond motifs is 1. The van der Waals surface area contributed by atoms with Gasteiger partial charge in [-0.25, -0.2) is 0 Å². The average molecular weight is 382 g/mol. The minimum atomic E-state index is -0.686. The number of hydrogen-bond acceptors (Lipinski definition) is 5. The first-order valence-electron chi connectivity index (χ1n) is 9.65. The van der Waals surface area contributed by atoms with Crippen LogP contribution in [0.15, 0.2) is 42.5 Å². The molecule has 0 radical (unpaired) electrons. The van der Waals surface area contributed by atoms with Crippen molar-refractivity contribution in [3.05, 3.63) is 59.2 Å². The second kappa shape index (κ2) is 7.81. The van der Waals surface area contributed by atoms with Crippen LogP contribution in [-0.2, 0) is 14.9 Å². The summed E-state index contributed by atoms with van der Waals surface area (Å²) >= 11 is 0. The smallest absolute Gasteiger partial charge is 0.241 e.